The number of aromatic nitrogens is 1. The second-order valence-electron chi connectivity index (χ2n) is 9.62. The van der Waals surface area contributed by atoms with E-state index in [4.69, 9.17) is 0 Å². The Bertz CT molecular complexity index is 1650. The van der Waals surface area contributed by atoms with E-state index in [0.29, 0.717) is 36.4 Å². The molecule has 2 N–H and O–H groups in total. The molecule has 9 heteroatoms. The van der Waals surface area contributed by atoms with Gasteiger partial charge in [-0.25, -0.2) is 4.72 Å². The number of rotatable bonds is 7. The molecular weight excluding hydrogens is 510 g/mol. The molecule has 0 aliphatic carbocycles. The zero-order valence-corrected chi connectivity index (χ0v) is 23.0. The van der Waals surface area contributed by atoms with E-state index < -0.39 is 10.0 Å². The van der Waals surface area contributed by atoms with Crippen molar-refractivity contribution in [2.24, 2.45) is 0 Å². The maximum Gasteiger partial charge on any atom is 0.298 e. The van der Waals surface area contributed by atoms with Crippen LogP contribution < -0.4 is 9.62 Å². The summed E-state index contributed by atoms with van der Waals surface area (Å²) in [5.41, 5.74) is 5.33. The number of sulfonamides is 1. The Morgan fingerprint density at radius 2 is 1.64 bits per heavy atom. The highest BCUT2D eigenvalue weighted by atomic mass is 32.2. The van der Waals surface area contributed by atoms with Crippen molar-refractivity contribution in [3.8, 4) is 17.3 Å². The average molecular weight is 543 g/mol. The molecule has 39 heavy (non-hydrogen) atoms. The van der Waals surface area contributed by atoms with Gasteiger partial charge in [-0.2, -0.15) is 13.7 Å². The first kappa shape index (κ1) is 26.5. The summed E-state index contributed by atoms with van der Waals surface area (Å²) in [5.74, 6) is 0.0341. The van der Waals surface area contributed by atoms with Crippen LogP contribution in [0.2, 0.25) is 0 Å². The van der Waals surface area contributed by atoms with Gasteiger partial charge in [0.15, 0.2) is 0 Å². The minimum absolute atomic E-state index is 0.00875. The lowest BCUT2D eigenvalue weighted by Gasteiger charge is -2.36. The number of benzene rings is 3. The maximum absolute atomic E-state index is 13.5. The molecule has 4 aromatic rings. The van der Waals surface area contributed by atoms with Crippen LogP contribution >= 0.6 is 0 Å². The number of piperazine rings is 1. The Morgan fingerprint density at radius 3 is 2.26 bits per heavy atom. The number of anilines is 1. The number of aryl methyl sites for hydroxylation is 1. The first-order valence-corrected chi connectivity index (χ1v) is 14.9. The van der Waals surface area contributed by atoms with E-state index in [9.17, 15) is 18.5 Å². The number of amides is 1. The fourth-order valence-electron chi connectivity index (χ4n) is 5.22. The summed E-state index contributed by atoms with van der Waals surface area (Å²) in [5, 5.41) is 10.9. The zero-order valence-electron chi connectivity index (χ0n) is 22.2. The Hall–Kier alpha value is -4.13. The molecule has 200 valence electrons. The van der Waals surface area contributed by atoms with E-state index in [0.717, 1.165) is 35.2 Å². The second kappa shape index (κ2) is 10.9. The standard InChI is InChI=1S/C30H31N5O3S/c1-3-35-28-20-23(30(36)34-18-16-33(17-19-34)25-8-6-5-7-9-25)12-15-26(28)27(21-31)29(35)22-10-13-24(14-11-22)32-39(37,38)4-2/h5-15,20,32H,3-4,16-19H2,1-2H3/p+1. The first-order chi connectivity index (χ1) is 18.8. The number of carbonyl (C=O) groups excluding carboxylic acids is 1. The van der Waals surface area contributed by atoms with Crippen LogP contribution in [0.1, 0.15) is 29.8 Å². The number of quaternary nitrogens is 1. The Morgan fingerprint density at radius 1 is 0.949 bits per heavy atom. The van der Waals surface area contributed by atoms with Crippen LogP contribution in [0.3, 0.4) is 0 Å². The quantitative estimate of drug-likeness (QED) is 0.359. The number of carbonyl (C=O) groups is 1. The third-order valence-corrected chi connectivity index (χ3v) is 8.77. The predicted octanol–water partition coefficient (Wildman–Crippen LogP) is 3.71. The van der Waals surface area contributed by atoms with Crippen molar-refractivity contribution in [3.05, 3.63) is 83.9 Å². The van der Waals surface area contributed by atoms with Crippen LogP contribution in [-0.2, 0) is 16.6 Å². The van der Waals surface area contributed by atoms with Crippen molar-refractivity contribution >= 4 is 38.2 Å². The molecule has 0 radical (unpaired) electrons. The average Bonchev–Trinajstić information content (AvgIpc) is 3.30. The van der Waals surface area contributed by atoms with Gasteiger partial charge in [0.05, 0.1) is 22.5 Å². The molecule has 5 rings (SSSR count). The summed E-state index contributed by atoms with van der Waals surface area (Å²) in [4.78, 5) is 17.7. The van der Waals surface area contributed by atoms with Crippen molar-refractivity contribution in [1.82, 2.24) is 9.47 Å². The van der Waals surface area contributed by atoms with Gasteiger partial charge in [0.25, 0.3) is 15.9 Å². The van der Waals surface area contributed by atoms with Gasteiger partial charge in [-0.15, -0.1) is 0 Å². The van der Waals surface area contributed by atoms with Gasteiger partial charge >= 0.3 is 0 Å². The molecule has 0 unspecified atom stereocenters. The number of nitrogens with zero attached hydrogens (tertiary/aromatic N) is 4. The van der Waals surface area contributed by atoms with Crippen molar-refractivity contribution in [3.63, 3.8) is 0 Å². The highest BCUT2D eigenvalue weighted by Crippen LogP contribution is 2.34. The molecule has 8 nitrogen and oxygen atoms in total. The van der Waals surface area contributed by atoms with Crippen molar-refractivity contribution in [1.29, 1.82) is 5.26 Å². The summed E-state index contributed by atoms with van der Waals surface area (Å²) in [6.45, 7) is 7.08. The van der Waals surface area contributed by atoms with Gasteiger partial charge in [0, 0.05) is 61.5 Å². The SMILES string of the molecule is CCn1c(-c2ccc([NH2+]S(=O)(=O)CC)cc2)c(C#N)c2ccc(C(=O)N3CCN(c4ccccc4)CC3)cc21. The van der Waals surface area contributed by atoms with Gasteiger partial charge < -0.3 is 14.4 Å². The van der Waals surface area contributed by atoms with Crippen LogP contribution in [0, 0.1) is 11.3 Å². The number of primary sulfonamides is 1. The monoisotopic (exact) mass is 542 g/mol. The third-order valence-electron chi connectivity index (χ3n) is 7.33. The molecule has 0 spiro atoms. The molecule has 0 saturated carbocycles. The highest BCUT2D eigenvalue weighted by Gasteiger charge is 2.25. The zero-order chi connectivity index (χ0) is 27.6. The Kier molecular flexibility index (Phi) is 7.42. The lowest BCUT2D eigenvalue weighted by atomic mass is 10.0. The second-order valence-corrected chi connectivity index (χ2v) is 11.8. The summed E-state index contributed by atoms with van der Waals surface area (Å²) < 4.78 is 27.3. The van der Waals surface area contributed by atoms with Crippen LogP contribution in [0.5, 0.6) is 0 Å². The molecule has 1 saturated heterocycles. The number of hydrogen-bond acceptors (Lipinski definition) is 5. The van der Waals surface area contributed by atoms with Crippen molar-refractivity contribution < 1.29 is 17.9 Å². The lowest BCUT2D eigenvalue weighted by molar-refractivity contribution is -0.397. The van der Waals surface area contributed by atoms with E-state index in [-0.39, 0.29) is 11.7 Å². The normalized spacial score (nSPS) is 14.0. The number of nitrogens with two attached hydrogens (primary N) is 1. The summed E-state index contributed by atoms with van der Waals surface area (Å²) in [6.07, 6.45) is 0. The summed E-state index contributed by atoms with van der Waals surface area (Å²) in [7, 11) is -3.26. The van der Waals surface area contributed by atoms with Crippen LogP contribution in [-0.4, -0.2) is 55.7 Å². The Balaban J connectivity index is 1.43. The Labute approximate surface area is 229 Å². The molecule has 2 heterocycles. The number of para-hydroxylation sites is 1. The third kappa shape index (κ3) is 5.26. The van der Waals surface area contributed by atoms with Gasteiger partial charge in [0.2, 0.25) is 0 Å². The van der Waals surface area contributed by atoms with Gasteiger partial charge in [-0.3, -0.25) is 4.79 Å². The molecular formula is C30H32N5O3S+. The number of hydrogen-bond donors (Lipinski definition) is 1. The summed E-state index contributed by atoms with van der Waals surface area (Å²) >= 11 is 0. The van der Waals surface area contributed by atoms with Crippen LogP contribution in [0.15, 0.2) is 72.8 Å². The van der Waals surface area contributed by atoms with Gasteiger partial charge in [0.1, 0.15) is 11.8 Å². The molecule has 3 aromatic carbocycles. The molecule has 0 bridgehead atoms. The largest absolute Gasteiger partial charge is 0.368 e. The molecule has 1 aliphatic heterocycles. The van der Waals surface area contributed by atoms with Crippen molar-refractivity contribution in [2.45, 2.75) is 20.4 Å². The van der Waals surface area contributed by atoms with Crippen molar-refractivity contribution in [2.75, 3.05) is 36.8 Å². The fraction of sp³-hybridized carbons (Fsp3) is 0.267. The predicted molar refractivity (Wildman–Crippen MR) is 153 cm³/mol. The molecule has 1 aliphatic rings. The molecule has 1 aromatic heterocycles. The van der Waals surface area contributed by atoms with Gasteiger partial charge in [-0.05, 0) is 55.8 Å². The molecule has 1 fully saturated rings. The van der Waals surface area contributed by atoms with E-state index in [1.54, 1.807) is 19.1 Å². The smallest absolute Gasteiger partial charge is 0.298 e. The summed E-state index contributed by atoms with van der Waals surface area (Å²) in [6, 6.07) is 25.4. The minimum Gasteiger partial charge on any atom is -0.368 e. The number of nitriles is 1. The maximum atomic E-state index is 13.5. The number of fused-ring (bicyclic) bond motifs is 1. The first-order valence-electron chi connectivity index (χ1n) is 13.2. The fourth-order valence-corrected chi connectivity index (χ4v) is 5.96. The van der Waals surface area contributed by atoms with Crippen LogP contribution in [0.25, 0.3) is 22.2 Å². The van der Waals surface area contributed by atoms with E-state index in [1.165, 1.54) is 10.4 Å². The van der Waals surface area contributed by atoms with Crippen LogP contribution in [0.4, 0.5) is 11.4 Å². The molecule has 1 amide bonds. The van der Waals surface area contributed by atoms with E-state index in [1.807, 2.05) is 60.4 Å². The minimum atomic E-state index is -3.26. The topological polar surface area (TPSA) is 103 Å². The van der Waals surface area contributed by atoms with E-state index in [2.05, 4.69) is 27.7 Å². The lowest BCUT2D eigenvalue weighted by Crippen LogP contribution is -2.82. The molecule has 0 atom stereocenters. The highest BCUT2D eigenvalue weighted by molar-refractivity contribution is 7.84. The van der Waals surface area contributed by atoms with Gasteiger partial charge in [-0.1, -0.05) is 24.3 Å². The van der Waals surface area contributed by atoms with E-state index >= 15 is 0 Å².